The van der Waals surface area contributed by atoms with Crippen molar-refractivity contribution in [2.75, 3.05) is 5.32 Å². The van der Waals surface area contributed by atoms with Crippen LogP contribution in [-0.4, -0.2) is 11.0 Å². The van der Waals surface area contributed by atoms with E-state index < -0.39 is 4.92 Å². The lowest BCUT2D eigenvalue weighted by Gasteiger charge is -2.14. The van der Waals surface area contributed by atoms with Gasteiger partial charge in [0, 0.05) is 12.5 Å². The topological polar surface area (TPSA) is 68.3 Å². The first-order valence-electron chi connectivity index (χ1n) is 5.79. The molecule has 0 bridgehead atoms. The maximum absolute atomic E-state index is 11.0. The van der Waals surface area contributed by atoms with Crippen molar-refractivity contribution in [3.63, 3.8) is 0 Å². The normalized spacial score (nSPS) is 12.1. The van der Waals surface area contributed by atoms with Crippen molar-refractivity contribution in [3.8, 4) is 0 Å². The summed E-state index contributed by atoms with van der Waals surface area (Å²) in [6, 6.07) is 8.49. The summed E-state index contributed by atoms with van der Waals surface area (Å²) in [7, 11) is 0. The molecule has 0 aliphatic heterocycles. The summed E-state index contributed by atoms with van der Waals surface area (Å²) in [5, 5.41) is 14.2. The van der Waals surface area contributed by atoms with E-state index in [1.54, 1.807) is 18.4 Å². The molecule has 0 spiro atoms. The minimum absolute atomic E-state index is 0.0108. The molecule has 0 amide bonds. The summed E-state index contributed by atoms with van der Waals surface area (Å²) < 4.78 is 5.24. The Hall–Kier alpha value is -2.01. The number of hydrogen-bond acceptors (Lipinski definition) is 4. The second kappa shape index (κ2) is 5.75. The molecule has 5 nitrogen and oxygen atoms in total. The van der Waals surface area contributed by atoms with Crippen LogP contribution in [0.25, 0.3) is 0 Å². The van der Waals surface area contributed by atoms with Crippen molar-refractivity contribution in [3.05, 3.63) is 57.5 Å². The number of hydrogen-bond donors (Lipinski definition) is 1. The Morgan fingerprint density at radius 2 is 2.21 bits per heavy atom. The van der Waals surface area contributed by atoms with Gasteiger partial charge in [-0.15, -0.1) is 0 Å². The van der Waals surface area contributed by atoms with Crippen molar-refractivity contribution >= 4 is 23.0 Å². The summed E-state index contributed by atoms with van der Waals surface area (Å²) in [6.07, 6.45) is 2.24. The standard InChI is InChI=1S/C13H13ClN2O3/c1-9(8-10-4-3-7-19-10)15-12-6-2-5-11(14)13(12)16(17)18/h2-7,9,15H,8H2,1H3. The molecule has 0 aliphatic rings. The first kappa shape index (κ1) is 13.4. The molecule has 100 valence electrons. The second-order valence-electron chi connectivity index (χ2n) is 4.22. The molecule has 1 N–H and O–H groups in total. The lowest BCUT2D eigenvalue weighted by Crippen LogP contribution is -2.18. The van der Waals surface area contributed by atoms with E-state index in [0.29, 0.717) is 12.1 Å². The van der Waals surface area contributed by atoms with Gasteiger partial charge in [0.05, 0.1) is 11.2 Å². The number of benzene rings is 1. The van der Waals surface area contributed by atoms with Crippen molar-refractivity contribution in [1.82, 2.24) is 0 Å². The predicted molar refractivity (Wildman–Crippen MR) is 73.6 cm³/mol. The van der Waals surface area contributed by atoms with Gasteiger partial charge in [-0.25, -0.2) is 0 Å². The zero-order chi connectivity index (χ0) is 13.8. The molecular weight excluding hydrogens is 268 g/mol. The minimum Gasteiger partial charge on any atom is -0.469 e. The first-order chi connectivity index (χ1) is 9.08. The van der Waals surface area contributed by atoms with E-state index in [9.17, 15) is 10.1 Å². The number of para-hydroxylation sites is 1. The number of halogens is 1. The lowest BCUT2D eigenvalue weighted by atomic mass is 10.1. The summed E-state index contributed by atoms with van der Waals surface area (Å²) in [5.41, 5.74) is 0.312. The monoisotopic (exact) mass is 280 g/mol. The van der Waals surface area contributed by atoms with Crippen LogP contribution in [-0.2, 0) is 6.42 Å². The van der Waals surface area contributed by atoms with Crippen LogP contribution in [0, 0.1) is 10.1 Å². The number of nitrogens with one attached hydrogen (secondary N) is 1. The van der Waals surface area contributed by atoms with Gasteiger partial charge < -0.3 is 9.73 Å². The molecule has 1 aromatic heterocycles. The highest BCUT2D eigenvalue weighted by Gasteiger charge is 2.19. The van der Waals surface area contributed by atoms with Crippen LogP contribution < -0.4 is 5.32 Å². The average Bonchev–Trinajstić information content (AvgIpc) is 2.81. The molecule has 19 heavy (non-hydrogen) atoms. The zero-order valence-electron chi connectivity index (χ0n) is 10.3. The van der Waals surface area contributed by atoms with Crippen LogP contribution in [0.5, 0.6) is 0 Å². The molecule has 1 atom stereocenters. The van der Waals surface area contributed by atoms with E-state index in [2.05, 4.69) is 5.32 Å². The van der Waals surface area contributed by atoms with Gasteiger partial charge >= 0.3 is 5.69 Å². The third kappa shape index (κ3) is 3.26. The Balaban J connectivity index is 2.14. The van der Waals surface area contributed by atoms with Crippen LogP contribution in [0.15, 0.2) is 41.0 Å². The van der Waals surface area contributed by atoms with E-state index in [-0.39, 0.29) is 16.8 Å². The molecule has 0 fully saturated rings. The average molecular weight is 281 g/mol. The molecule has 0 saturated carbocycles. The largest absolute Gasteiger partial charge is 0.469 e. The third-order valence-electron chi connectivity index (χ3n) is 2.66. The van der Waals surface area contributed by atoms with Crippen LogP contribution in [0.1, 0.15) is 12.7 Å². The van der Waals surface area contributed by atoms with Gasteiger partial charge in [0.2, 0.25) is 0 Å². The number of nitro benzene ring substituents is 1. The van der Waals surface area contributed by atoms with Crippen molar-refractivity contribution in [2.45, 2.75) is 19.4 Å². The molecule has 1 heterocycles. The van der Waals surface area contributed by atoms with Crippen LogP contribution in [0.3, 0.4) is 0 Å². The fourth-order valence-electron chi connectivity index (χ4n) is 1.86. The second-order valence-corrected chi connectivity index (χ2v) is 4.63. The summed E-state index contributed by atoms with van der Waals surface area (Å²) in [4.78, 5) is 10.5. The highest BCUT2D eigenvalue weighted by atomic mass is 35.5. The zero-order valence-corrected chi connectivity index (χ0v) is 11.1. The van der Waals surface area contributed by atoms with Gasteiger partial charge in [0.15, 0.2) is 0 Å². The van der Waals surface area contributed by atoms with E-state index in [1.165, 1.54) is 6.07 Å². The van der Waals surface area contributed by atoms with Crippen molar-refractivity contribution in [1.29, 1.82) is 0 Å². The smallest absolute Gasteiger partial charge is 0.310 e. The maximum atomic E-state index is 11.0. The molecule has 2 aromatic rings. The minimum atomic E-state index is -0.482. The van der Waals surface area contributed by atoms with Gasteiger partial charge in [0.25, 0.3) is 0 Å². The Morgan fingerprint density at radius 1 is 1.42 bits per heavy atom. The van der Waals surface area contributed by atoms with Gasteiger partial charge in [-0.1, -0.05) is 17.7 Å². The van der Waals surface area contributed by atoms with E-state index in [4.69, 9.17) is 16.0 Å². The molecule has 1 unspecified atom stereocenters. The highest BCUT2D eigenvalue weighted by molar-refractivity contribution is 6.33. The number of nitrogens with zero attached hydrogens (tertiary/aromatic N) is 1. The SMILES string of the molecule is CC(Cc1ccco1)Nc1cccc(Cl)c1[N+](=O)[O-]. The number of anilines is 1. The van der Waals surface area contributed by atoms with E-state index in [0.717, 1.165) is 5.76 Å². The number of furan rings is 1. The van der Waals surface area contributed by atoms with Gasteiger partial charge in [-0.05, 0) is 31.2 Å². The predicted octanol–water partition coefficient (Wildman–Crippen LogP) is 3.88. The van der Waals surface area contributed by atoms with Crippen LogP contribution in [0.2, 0.25) is 5.02 Å². The molecule has 1 aromatic carbocycles. The van der Waals surface area contributed by atoms with Crippen molar-refractivity contribution < 1.29 is 9.34 Å². The molecule has 2 rings (SSSR count). The Morgan fingerprint density at radius 3 is 2.84 bits per heavy atom. The number of nitro groups is 1. The number of rotatable bonds is 5. The van der Waals surface area contributed by atoms with Crippen LogP contribution in [0.4, 0.5) is 11.4 Å². The van der Waals surface area contributed by atoms with Crippen molar-refractivity contribution in [2.24, 2.45) is 0 Å². The maximum Gasteiger partial charge on any atom is 0.310 e. The third-order valence-corrected chi connectivity index (χ3v) is 2.96. The Labute approximate surface area is 115 Å². The quantitative estimate of drug-likeness (QED) is 0.666. The molecule has 0 radical (unpaired) electrons. The fraction of sp³-hybridized carbons (Fsp3) is 0.231. The summed E-state index contributed by atoms with van der Waals surface area (Å²) in [6.45, 7) is 1.92. The molecule has 6 heteroatoms. The molecule has 0 aliphatic carbocycles. The Kier molecular flexibility index (Phi) is 4.06. The summed E-state index contributed by atoms with van der Waals surface area (Å²) >= 11 is 5.85. The van der Waals surface area contributed by atoms with Crippen LogP contribution >= 0.6 is 11.6 Å². The molecular formula is C13H13ClN2O3. The van der Waals surface area contributed by atoms with E-state index in [1.807, 2.05) is 19.1 Å². The summed E-state index contributed by atoms with van der Waals surface area (Å²) in [5.74, 6) is 0.824. The highest BCUT2D eigenvalue weighted by Crippen LogP contribution is 2.32. The van der Waals surface area contributed by atoms with Gasteiger partial charge in [-0.2, -0.15) is 0 Å². The lowest BCUT2D eigenvalue weighted by molar-refractivity contribution is -0.383. The van der Waals surface area contributed by atoms with E-state index >= 15 is 0 Å². The Bertz CT molecular complexity index is 569. The first-order valence-corrected chi connectivity index (χ1v) is 6.17. The molecule has 0 saturated heterocycles. The fourth-order valence-corrected chi connectivity index (χ4v) is 2.11. The van der Waals surface area contributed by atoms with Gasteiger partial charge in [0.1, 0.15) is 16.5 Å². The van der Waals surface area contributed by atoms with Gasteiger partial charge in [-0.3, -0.25) is 10.1 Å².